The van der Waals surface area contributed by atoms with Gasteiger partial charge in [0.15, 0.2) is 0 Å². The van der Waals surface area contributed by atoms with Gasteiger partial charge in [0.05, 0.1) is 17.7 Å². The summed E-state index contributed by atoms with van der Waals surface area (Å²) in [5.41, 5.74) is 0. The van der Waals surface area contributed by atoms with Gasteiger partial charge in [0, 0.05) is 0 Å². The lowest BCUT2D eigenvalue weighted by molar-refractivity contribution is 0.267. The largest absolute Gasteiger partial charge is 0.394 e. The first-order valence-electron chi connectivity index (χ1n) is 3.08. The standard InChI is InChI=1S/C6H11NOS/c1-9-6-3-2-5(4-8)7-6/h5,8H,2-4H2,1H3/t5-/m0/s1. The maximum Gasteiger partial charge on any atom is 0.0743 e. The molecule has 0 unspecified atom stereocenters. The summed E-state index contributed by atoms with van der Waals surface area (Å²) in [5, 5.41) is 9.85. The smallest absolute Gasteiger partial charge is 0.0743 e. The van der Waals surface area contributed by atoms with Crippen molar-refractivity contribution in [2.24, 2.45) is 4.99 Å². The third kappa shape index (κ3) is 1.69. The Morgan fingerprint density at radius 2 is 2.67 bits per heavy atom. The van der Waals surface area contributed by atoms with Crippen molar-refractivity contribution < 1.29 is 5.11 Å². The zero-order valence-corrected chi connectivity index (χ0v) is 6.32. The molecule has 1 atom stereocenters. The van der Waals surface area contributed by atoms with Gasteiger partial charge < -0.3 is 5.11 Å². The second kappa shape index (κ2) is 3.22. The van der Waals surface area contributed by atoms with E-state index in [-0.39, 0.29) is 12.6 Å². The average Bonchev–Trinajstić information content (AvgIpc) is 2.34. The maximum absolute atomic E-state index is 8.66. The Bertz CT molecular complexity index is 124. The molecule has 0 spiro atoms. The minimum Gasteiger partial charge on any atom is -0.394 e. The Kier molecular flexibility index (Phi) is 2.54. The molecule has 3 heteroatoms. The Morgan fingerprint density at radius 3 is 3.00 bits per heavy atom. The highest BCUT2D eigenvalue weighted by molar-refractivity contribution is 8.13. The van der Waals surface area contributed by atoms with Crippen LogP contribution in [0.5, 0.6) is 0 Å². The SMILES string of the molecule is CSC1=N[C@H](CO)CC1. The number of nitrogens with zero attached hydrogens (tertiary/aromatic N) is 1. The van der Waals surface area contributed by atoms with Crippen molar-refractivity contribution in [2.75, 3.05) is 12.9 Å². The van der Waals surface area contributed by atoms with E-state index in [9.17, 15) is 0 Å². The predicted octanol–water partition coefficient (Wildman–Crippen LogP) is 0.903. The molecule has 0 amide bonds. The maximum atomic E-state index is 8.66. The fourth-order valence-corrected chi connectivity index (χ4v) is 1.49. The number of rotatable bonds is 1. The second-order valence-electron chi connectivity index (χ2n) is 2.10. The molecule has 0 aliphatic carbocycles. The highest BCUT2D eigenvalue weighted by Gasteiger charge is 2.14. The van der Waals surface area contributed by atoms with Gasteiger partial charge in [0.2, 0.25) is 0 Å². The van der Waals surface area contributed by atoms with Crippen LogP contribution in [0.2, 0.25) is 0 Å². The molecule has 1 N–H and O–H groups in total. The number of thioether (sulfide) groups is 1. The second-order valence-corrected chi connectivity index (χ2v) is 2.98. The van der Waals surface area contributed by atoms with Crippen molar-refractivity contribution in [3.05, 3.63) is 0 Å². The van der Waals surface area contributed by atoms with E-state index in [1.165, 1.54) is 5.04 Å². The molecule has 0 fully saturated rings. The van der Waals surface area contributed by atoms with Crippen LogP contribution in [0.4, 0.5) is 0 Å². The van der Waals surface area contributed by atoms with E-state index in [0.29, 0.717) is 0 Å². The Labute approximate surface area is 59.4 Å². The third-order valence-corrected chi connectivity index (χ3v) is 2.25. The molecule has 0 aromatic carbocycles. The molecule has 1 rings (SSSR count). The fraction of sp³-hybridized carbons (Fsp3) is 0.833. The predicted molar refractivity (Wildman–Crippen MR) is 41.1 cm³/mol. The minimum atomic E-state index is 0.201. The molecule has 0 saturated heterocycles. The molecule has 1 heterocycles. The highest BCUT2D eigenvalue weighted by Crippen LogP contribution is 2.18. The van der Waals surface area contributed by atoms with Crippen molar-refractivity contribution in [2.45, 2.75) is 18.9 Å². The van der Waals surface area contributed by atoms with Crippen molar-refractivity contribution in [1.82, 2.24) is 0 Å². The van der Waals surface area contributed by atoms with Gasteiger partial charge in [-0.15, -0.1) is 11.8 Å². The van der Waals surface area contributed by atoms with Crippen molar-refractivity contribution in [3.8, 4) is 0 Å². The summed E-state index contributed by atoms with van der Waals surface area (Å²) < 4.78 is 0. The van der Waals surface area contributed by atoms with Crippen LogP contribution in [-0.4, -0.2) is 29.1 Å². The van der Waals surface area contributed by atoms with Crippen LogP contribution in [0, 0.1) is 0 Å². The molecule has 1 aliphatic heterocycles. The molecule has 2 nitrogen and oxygen atoms in total. The van der Waals surface area contributed by atoms with Crippen LogP contribution in [0.25, 0.3) is 0 Å². The van der Waals surface area contributed by atoms with Gasteiger partial charge in [-0.25, -0.2) is 0 Å². The molecule has 0 aromatic rings. The van der Waals surface area contributed by atoms with E-state index >= 15 is 0 Å². The average molecular weight is 145 g/mol. The van der Waals surface area contributed by atoms with E-state index in [2.05, 4.69) is 4.99 Å². The van der Waals surface area contributed by atoms with Crippen LogP contribution < -0.4 is 0 Å². The summed E-state index contributed by atoms with van der Waals surface area (Å²) in [6, 6.07) is 0.201. The summed E-state index contributed by atoms with van der Waals surface area (Å²) >= 11 is 1.69. The molecule has 52 valence electrons. The normalized spacial score (nSPS) is 26.4. The molecule has 0 radical (unpaired) electrons. The van der Waals surface area contributed by atoms with Gasteiger partial charge in [-0.3, -0.25) is 4.99 Å². The minimum absolute atomic E-state index is 0.201. The number of aliphatic imine (C=N–C) groups is 1. The lowest BCUT2D eigenvalue weighted by Gasteiger charge is -1.96. The molecular formula is C6H11NOS. The van der Waals surface area contributed by atoms with E-state index < -0.39 is 0 Å². The highest BCUT2D eigenvalue weighted by atomic mass is 32.2. The van der Waals surface area contributed by atoms with Gasteiger partial charge in [0.25, 0.3) is 0 Å². The molecular weight excluding hydrogens is 134 g/mol. The van der Waals surface area contributed by atoms with E-state index in [1.807, 2.05) is 6.26 Å². The lowest BCUT2D eigenvalue weighted by atomic mass is 10.2. The molecule has 1 aliphatic rings. The van der Waals surface area contributed by atoms with E-state index in [0.717, 1.165) is 12.8 Å². The summed E-state index contributed by atoms with van der Waals surface area (Å²) in [5.74, 6) is 0. The number of aliphatic hydroxyl groups is 1. The topological polar surface area (TPSA) is 32.6 Å². The van der Waals surface area contributed by atoms with Crippen LogP contribution in [0.3, 0.4) is 0 Å². The zero-order valence-electron chi connectivity index (χ0n) is 5.50. The summed E-state index contributed by atoms with van der Waals surface area (Å²) in [7, 11) is 0. The first-order valence-corrected chi connectivity index (χ1v) is 4.31. The van der Waals surface area contributed by atoms with Crippen LogP contribution in [0.15, 0.2) is 4.99 Å². The third-order valence-electron chi connectivity index (χ3n) is 1.46. The van der Waals surface area contributed by atoms with Crippen LogP contribution in [-0.2, 0) is 0 Å². The molecule has 0 aromatic heterocycles. The fourth-order valence-electron chi connectivity index (χ4n) is 0.910. The van der Waals surface area contributed by atoms with Crippen molar-refractivity contribution in [3.63, 3.8) is 0 Å². The number of hydrogen-bond acceptors (Lipinski definition) is 3. The first-order chi connectivity index (χ1) is 4.36. The lowest BCUT2D eigenvalue weighted by Crippen LogP contribution is -2.03. The van der Waals surface area contributed by atoms with Gasteiger partial charge >= 0.3 is 0 Å². The summed E-state index contributed by atoms with van der Waals surface area (Å²) in [4.78, 5) is 4.25. The zero-order chi connectivity index (χ0) is 6.69. The molecule has 0 saturated carbocycles. The van der Waals surface area contributed by atoms with Gasteiger partial charge in [-0.2, -0.15) is 0 Å². The Balaban J connectivity index is 2.40. The summed E-state index contributed by atoms with van der Waals surface area (Å²) in [6.07, 6.45) is 4.12. The molecule has 0 bridgehead atoms. The summed E-state index contributed by atoms with van der Waals surface area (Å²) in [6.45, 7) is 0.212. The van der Waals surface area contributed by atoms with Crippen molar-refractivity contribution >= 4 is 16.8 Å². The quantitative estimate of drug-likeness (QED) is 0.594. The molecule has 9 heavy (non-hydrogen) atoms. The van der Waals surface area contributed by atoms with E-state index in [1.54, 1.807) is 11.8 Å². The van der Waals surface area contributed by atoms with Gasteiger partial charge in [-0.1, -0.05) is 0 Å². The van der Waals surface area contributed by atoms with Crippen LogP contribution >= 0.6 is 11.8 Å². The Hall–Kier alpha value is -0.0200. The van der Waals surface area contributed by atoms with Crippen molar-refractivity contribution in [1.29, 1.82) is 0 Å². The monoisotopic (exact) mass is 145 g/mol. The van der Waals surface area contributed by atoms with Gasteiger partial charge in [-0.05, 0) is 19.1 Å². The van der Waals surface area contributed by atoms with Crippen LogP contribution in [0.1, 0.15) is 12.8 Å². The first kappa shape index (κ1) is 7.09. The number of hydrogen-bond donors (Lipinski definition) is 1. The number of aliphatic hydroxyl groups excluding tert-OH is 1. The Morgan fingerprint density at radius 1 is 1.89 bits per heavy atom. The van der Waals surface area contributed by atoms with E-state index in [4.69, 9.17) is 5.11 Å². The van der Waals surface area contributed by atoms with Gasteiger partial charge in [0.1, 0.15) is 0 Å².